The van der Waals surface area contributed by atoms with E-state index in [0.29, 0.717) is 13.2 Å². The standard InChI is InChI=1S/C9H17NO3/c1-3-13-9(12)7(2)10-5-4-8(11)6-10/h7-8,11H,3-6H2,1-2H3/t7?,8-/m0/s1. The van der Waals surface area contributed by atoms with Crippen LogP contribution in [0.3, 0.4) is 0 Å². The number of rotatable bonds is 3. The van der Waals surface area contributed by atoms with Crippen LogP contribution in [0.25, 0.3) is 0 Å². The molecule has 1 rings (SSSR count). The van der Waals surface area contributed by atoms with Crippen LogP contribution in [0.1, 0.15) is 20.3 Å². The second-order valence-corrected chi connectivity index (χ2v) is 3.37. The Hall–Kier alpha value is -0.610. The van der Waals surface area contributed by atoms with Crippen molar-refractivity contribution in [1.29, 1.82) is 0 Å². The van der Waals surface area contributed by atoms with E-state index < -0.39 is 0 Å². The Bertz CT molecular complexity index is 184. The number of hydrogen-bond donors (Lipinski definition) is 1. The number of β-amino-alcohol motifs (C(OH)–C–C–N with tert-alkyl or cyclic N) is 1. The first-order valence-corrected chi connectivity index (χ1v) is 4.74. The highest BCUT2D eigenvalue weighted by Gasteiger charge is 2.28. The third kappa shape index (κ3) is 2.67. The summed E-state index contributed by atoms with van der Waals surface area (Å²) in [6.45, 7) is 5.39. The van der Waals surface area contributed by atoms with Gasteiger partial charge in [0.25, 0.3) is 0 Å². The average Bonchev–Trinajstić information content (AvgIpc) is 2.51. The fourth-order valence-corrected chi connectivity index (χ4v) is 1.53. The van der Waals surface area contributed by atoms with Gasteiger partial charge in [-0.3, -0.25) is 9.69 Å². The molecule has 4 nitrogen and oxygen atoms in total. The molecule has 4 heteroatoms. The Morgan fingerprint density at radius 2 is 2.46 bits per heavy atom. The summed E-state index contributed by atoms with van der Waals surface area (Å²) in [6.07, 6.45) is 0.473. The van der Waals surface area contributed by atoms with Gasteiger partial charge in [0.15, 0.2) is 0 Å². The molecule has 0 aromatic carbocycles. The van der Waals surface area contributed by atoms with Crippen molar-refractivity contribution in [1.82, 2.24) is 4.90 Å². The van der Waals surface area contributed by atoms with Crippen LogP contribution in [0.2, 0.25) is 0 Å². The second-order valence-electron chi connectivity index (χ2n) is 3.37. The SMILES string of the molecule is CCOC(=O)C(C)N1CC[C@H](O)C1. The number of ether oxygens (including phenoxy) is 1. The molecule has 13 heavy (non-hydrogen) atoms. The minimum atomic E-state index is -0.281. The summed E-state index contributed by atoms with van der Waals surface area (Å²) >= 11 is 0. The van der Waals surface area contributed by atoms with E-state index in [-0.39, 0.29) is 18.1 Å². The molecule has 0 saturated carbocycles. The molecular formula is C9H17NO3. The highest BCUT2D eigenvalue weighted by atomic mass is 16.5. The Kier molecular flexibility index (Phi) is 3.69. The molecule has 76 valence electrons. The van der Waals surface area contributed by atoms with Crippen LogP contribution in [-0.2, 0) is 9.53 Å². The van der Waals surface area contributed by atoms with Crippen LogP contribution in [-0.4, -0.2) is 47.8 Å². The first-order chi connectivity index (χ1) is 6.15. The van der Waals surface area contributed by atoms with Crippen molar-refractivity contribution in [2.75, 3.05) is 19.7 Å². The fourth-order valence-electron chi connectivity index (χ4n) is 1.53. The molecule has 1 aliphatic rings. The van der Waals surface area contributed by atoms with Gasteiger partial charge in [0.1, 0.15) is 6.04 Å². The van der Waals surface area contributed by atoms with Crippen molar-refractivity contribution < 1.29 is 14.6 Å². The molecule has 0 radical (unpaired) electrons. The first-order valence-electron chi connectivity index (χ1n) is 4.74. The highest BCUT2D eigenvalue weighted by molar-refractivity contribution is 5.75. The molecule has 2 atom stereocenters. The topological polar surface area (TPSA) is 49.8 Å². The van der Waals surface area contributed by atoms with Crippen LogP contribution in [0.5, 0.6) is 0 Å². The van der Waals surface area contributed by atoms with Crippen molar-refractivity contribution in [3.05, 3.63) is 0 Å². The molecule has 0 aromatic heterocycles. The van der Waals surface area contributed by atoms with E-state index in [0.717, 1.165) is 13.0 Å². The van der Waals surface area contributed by atoms with Gasteiger partial charge in [0, 0.05) is 13.1 Å². The van der Waals surface area contributed by atoms with Crippen molar-refractivity contribution in [3.63, 3.8) is 0 Å². The van der Waals surface area contributed by atoms with Gasteiger partial charge >= 0.3 is 5.97 Å². The maximum absolute atomic E-state index is 11.3. The number of nitrogens with zero attached hydrogens (tertiary/aromatic N) is 1. The number of carbonyl (C=O) groups excluding carboxylic acids is 1. The lowest BCUT2D eigenvalue weighted by molar-refractivity contribution is -0.148. The molecule has 0 amide bonds. The summed E-state index contributed by atoms with van der Waals surface area (Å²) < 4.78 is 4.89. The predicted octanol–water partition coefficient (Wildman–Crippen LogP) is 0.00460. The molecule has 1 unspecified atom stereocenters. The summed E-state index contributed by atoms with van der Waals surface area (Å²) in [5.74, 6) is -0.198. The highest BCUT2D eigenvalue weighted by Crippen LogP contribution is 2.13. The van der Waals surface area contributed by atoms with Gasteiger partial charge in [-0.05, 0) is 20.3 Å². The third-order valence-electron chi connectivity index (χ3n) is 2.37. The van der Waals surface area contributed by atoms with Crippen molar-refractivity contribution in [3.8, 4) is 0 Å². The third-order valence-corrected chi connectivity index (χ3v) is 2.37. The van der Waals surface area contributed by atoms with E-state index in [1.54, 1.807) is 6.92 Å². The minimum absolute atomic E-state index is 0.198. The lowest BCUT2D eigenvalue weighted by Crippen LogP contribution is -2.38. The molecule has 1 fully saturated rings. The van der Waals surface area contributed by atoms with Gasteiger partial charge in [-0.2, -0.15) is 0 Å². The number of hydrogen-bond acceptors (Lipinski definition) is 4. The zero-order chi connectivity index (χ0) is 9.84. The smallest absolute Gasteiger partial charge is 0.323 e. The lowest BCUT2D eigenvalue weighted by Gasteiger charge is -2.21. The van der Waals surface area contributed by atoms with Crippen molar-refractivity contribution in [2.24, 2.45) is 0 Å². The largest absolute Gasteiger partial charge is 0.465 e. The van der Waals surface area contributed by atoms with Crippen LogP contribution >= 0.6 is 0 Å². The van der Waals surface area contributed by atoms with Gasteiger partial charge < -0.3 is 9.84 Å². The second kappa shape index (κ2) is 4.58. The van der Waals surface area contributed by atoms with Crippen molar-refractivity contribution in [2.45, 2.75) is 32.4 Å². The summed E-state index contributed by atoms with van der Waals surface area (Å²) in [4.78, 5) is 13.2. The Labute approximate surface area is 78.5 Å². The molecule has 0 aliphatic carbocycles. The van der Waals surface area contributed by atoms with E-state index in [1.807, 2.05) is 11.8 Å². The summed E-state index contributed by atoms with van der Waals surface area (Å²) in [5.41, 5.74) is 0. The van der Waals surface area contributed by atoms with E-state index in [2.05, 4.69) is 0 Å². The van der Waals surface area contributed by atoms with Gasteiger partial charge in [0.05, 0.1) is 12.7 Å². The molecule has 0 bridgehead atoms. The molecule has 0 aromatic rings. The zero-order valence-corrected chi connectivity index (χ0v) is 8.19. The molecule has 1 heterocycles. The number of esters is 1. The fraction of sp³-hybridized carbons (Fsp3) is 0.889. The maximum Gasteiger partial charge on any atom is 0.323 e. The zero-order valence-electron chi connectivity index (χ0n) is 8.19. The van der Waals surface area contributed by atoms with Crippen LogP contribution in [0.15, 0.2) is 0 Å². The van der Waals surface area contributed by atoms with Crippen molar-refractivity contribution >= 4 is 5.97 Å². The van der Waals surface area contributed by atoms with E-state index in [9.17, 15) is 9.90 Å². The number of carbonyl (C=O) groups is 1. The van der Waals surface area contributed by atoms with Gasteiger partial charge in [-0.15, -0.1) is 0 Å². The molecule has 0 spiro atoms. The molecule has 1 saturated heterocycles. The Morgan fingerprint density at radius 3 is 2.92 bits per heavy atom. The minimum Gasteiger partial charge on any atom is -0.465 e. The summed E-state index contributed by atoms with van der Waals surface area (Å²) in [5, 5.41) is 9.27. The van der Waals surface area contributed by atoms with Gasteiger partial charge in [-0.1, -0.05) is 0 Å². The monoisotopic (exact) mass is 187 g/mol. The van der Waals surface area contributed by atoms with E-state index in [1.165, 1.54) is 0 Å². The van der Waals surface area contributed by atoms with Gasteiger partial charge in [0.2, 0.25) is 0 Å². The normalized spacial score (nSPS) is 25.9. The molecular weight excluding hydrogens is 170 g/mol. The first kappa shape index (κ1) is 10.5. The maximum atomic E-state index is 11.3. The summed E-state index contributed by atoms with van der Waals surface area (Å²) in [6, 6.07) is -0.225. The number of aliphatic hydroxyl groups excluding tert-OH is 1. The number of aliphatic hydroxyl groups is 1. The predicted molar refractivity (Wildman–Crippen MR) is 48.3 cm³/mol. The molecule has 1 aliphatic heterocycles. The Balaban J connectivity index is 2.38. The van der Waals surface area contributed by atoms with Gasteiger partial charge in [-0.25, -0.2) is 0 Å². The summed E-state index contributed by atoms with van der Waals surface area (Å²) in [7, 11) is 0. The number of likely N-dealkylation sites (tertiary alicyclic amines) is 1. The average molecular weight is 187 g/mol. The van der Waals surface area contributed by atoms with E-state index >= 15 is 0 Å². The van der Waals surface area contributed by atoms with E-state index in [4.69, 9.17) is 4.74 Å². The van der Waals surface area contributed by atoms with Crippen LogP contribution in [0.4, 0.5) is 0 Å². The lowest BCUT2D eigenvalue weighted by atomic mass is 10.3. The molecule has 1 N–H and O–H groups in total. The Morgan fingerprint density at radius 1 is 1.77 bits per heavy atom. The quantitative estimate of drug-likeness (QED) is 0.632. The van der Waals surface area contributed by atoms with Crippen LogP contribution in [0, 0.1) is 0 Å². The van der Waals surface area contributed by atoms with Crippen LogP contribution < -0.4 is 0 Å².